The van der Waals surface area contributed by atoms with Crippen molar-refractivity contribution in [3.8, 4) is 11.5 Å². The summed E-state index contributed by atoms with van der Waals surface area (Å²) < 4.78 is 17.5. The van der Waals surface area contributed by atoms with E-state index in [4.69, 9.17) is 14.2 Å². The molecule has 0 N–H and O–H groups in total. The van der Waals surface area contributed by atoms with E-state index in [1.54, 1.807) is 14.2 Å². The van der Waals surface area contributed by atoms with E-state index in [0.717, 1.165) is 39.8 Å². The van der Waals surface area contributed by atoms with Crippen LogP contribution in [0.25, 0.3) is 5.70 Å². The summed E-state index contributed by atoms with van der Waals surface area (Å²) in [7, 11) is 3.26. The third kappa shape index (κ3) is 3.60. The minimum absolute atomic E-state index is 0.192. The smallest absolute Gasteiger partial charge is 0.337 e. The number of carbonyl (C=O) groups excluding carboxylic acids is 1. The van der Waals surface area contributed by atoms with E-state index in [1.165, 1.54) is 0 Å². The van der Waals surface area contributed by atoms with Crippen molar-refractivity contribution in [2.45, 2.75) is 19.3 Å². The summed E-state index contributed by atoms with van der Waals surface area (Å²) in [5.41, 5.74) is 4.68. The van der Waals surface area contributed by atoms with Gasteiger partial charge in [-0.15, -0.1) is 0 Å². The lowest BCUT2D eigenvalue weighted by molar-refractivity contribution is -0.138. The van der Waals surface area contributed by atoms with Gasteiger partial charge in [-0.2, -0.15) is 0 Å². The first-order valence-electron chi connectivity index (χ1n) is 9.94. The lowest BCUT2D eigenvalue weighted by Crippen LogP contribution is -2.32. The standard InChI is InChI=1S/C24H24BrNO4/c1-4-30-24(27)22-18(15-5-7-17(25)8-6-15)10-12-26-11-9-16-13-20(28-2)21(29-3)14-19(16)23(22)26/h5-8,10,12-14,18H,4,9,11H2,1-3H3/t18-/m0/s1. The van der Waals surface area contributed by atoms with Crippen molar-refractivity contribution in [1.82, 2.24) is 4.90 Å². The molecule has 0 fully saturated rings. The Balaban J connectivity index is 1.94. The fourth-order valence-electron chi connectivity index (χ4n) is 4.12. The van der Waals surface area contributed by atoms with E-state index in [1.807, 2.05) is 43.3 Å². The monoisotopic (exact) mass is 469 g/mol. The molecular weight excluding hydrogens is 446 g/mol. The first kappa shape index (κ1) is 20.5. The molecule has 2 aromatic rings. The molecule has 2 heterocycles. The first-order chi connectivity index (χ1) is 14.6. The van der Waals surface area contributed by atoms with E-state index >= 15 is 0 Å². The number of rotatable bonds is 5. The molecule has 0 saturated heterocycles. The predicted molar refractivity (Wildman–Crippen MR) is 120 cm³/mol. The van der Waals surface area contributed by atoms with Crippen LogP contribution in [0.3, 0.4) is 0 Å². The Hall–Kier alpha value is -2.73. The zero-order valence-electron chi connectivity index (χ0n) is 17.3. The SMILES string of the molecule is CCOC(=O)C1=C2c3cc(OC)c(OC)cc3CCN2C=C[C@H]1c1ccc(Br)cc1. The van der Waals surface area contributed by atoms with Crippen molar-refractivity contribution in [2.75, 3.05) is 27.4 Å². The second-order valence-corrected chi connectivity index (χ2v) is 8.08. The normalized spacial score (nSPS) is 17.3. The van der Waals surface area contributed by atoms with Crippen molar-refractivity contribution in [3.63, 3.8) is 0 Å². The summed E-state index contributed by atoms with van der Waals surface area (Å²) in [5.74, 6) is 0.849. The molecule has 156 valence electrons. The van der Waals surface area contributed by atoms with E-state index in [-0.39, 0.29) is 11.9 Å². The average molecular weight is 470 g/mol. The molecule has 5 nitrogen and oxygen atoms in total. The van der Waals surface area contributed by atoms with Crippen LogP contribution in [0.15, 0.2) is 58.7 Å². The quantitative estimate of drug-likeness (QED) is 0.582. The van der Waals surface area contributed by atoms with Crippen LogP contribution in [0.5, 0.6) is 11.5 Å². The summed E-state index contributed by atoms with van der Waals surface area (Å²) in [5, 5.41) is 0. The van der Waals surface area contributed by atoms with Gasteiger partial charge in [-0.3, -0.25) is 0 Å². The molecule has 0 radical (unpaired) electrons. The third-order valence-corrected chi connectivity index (χ3v) is 6.05. The van der Waals surface area contributed by atoms with Gasteiger partial charge in [-0.05, 0) is 48.7 Å². The molecule has 1 atom stereocenters. The molecule has 2 aliphatic heterocycles. The number of hydrogen-bond donors (Lipinski definition) is 0. The molecule has 0 aromatic heterocycles. The van der Waals surface area contributed by atoms with Crippen molar-refractivity contribution in [2.24, 2.45) is 0 Å². The number of halogens is 1. The maximum absolute atomic E-state index is 13.2. The van der Waals surface area contributed by atoms with Crippen molar-refractivity contribution in [1.29, 1.82) is 0 Å². The van der Waals surface area contributed by atoms with Gasteiger partial charge in [0.1, 0.15) is 0 Å². The highest BCUT2D eigenvalue weighted by molar-refractivity contribution is 9.10. The van der Waals surface area contributed by atoms with E-state index in [0.29, 0.717) is 23.7 Å². The lowest BCUT2D eigenvalue weighted by atomic mass is 9.82. The zero-order valence-corrected chi connectivity index (χ0v) is 18.9. The minimum Gasteiger partial charge on any atom is -0.493 e. The fourth-order valence-corrected chi connectivity index (χ4v) is 4.38. The van der Waals surface area contributed by atoms with Gasteiger partial charge < -0.3 is 19.1 Å². The number of carbonyl (C=O) groups is 1. The highest BCUT2D eigenvalue weighted by Crippen LogP contribution is 2.44. The van der Waals surface area contributed by atoms with Gasteiger partial charge in [-0.25, -0.2) is 4.79 Å². The van der Waals surface area contributed by atoms with Gasteiger partial charge in [0, 0.05) is 28.7 Å². The Labute approximate surface area is 185 Å². The van der Waals surface area contributed by atoms with Gasteiger partial charge >= 0.3 is 5.97 Å². The Morgan fingerprint density at radius 1 is 1.13 bits per heavy atom. The summed E-state index contributed by atoms with van der Waals surface area (Å²) in [6.45, 7) is 2.94. The Morgan fingerprint density at radius 3 is 2.50 bits per heavy atom. The van der Waals surface area contributed by atoms with Crippen molar-refractivity contribution < 1.29 is 19.0 Å². The van der Waals surface area contributed by atoms with Crippen LogP contribution in [0, 0.1) is 0 Å². The summed E-state index contributed by atoms with van der Waals surface area (Å²) in [6, 6.07) is 12.0. The number of benzene rings is 2. The average Bonchev–Trinajstić information content (AvgIpc) is 2.77. The second kappa shape index (κ2) is 8.56. The largest absolute Gasteiger partial charge is 0.493 e. The van der Waals surface area contributed by atoms with Gasteiger partial charge in [0.25, 0.3) is 0 Å². The maximum Gasteiger partial charge on any atom is 0.337 e. The third-order valence-electron chi connectivity index (χ3n) is 5.52. The van der Waals surface area contributed by atoms with E-state index in [9.17, 15) is 4.79 Å². The molecule has 30 heavy (non-hydrogen) atoms. The summed E-state index contributed by atoms with van der Waals surface area (Å²) in [6.07, 6.45) is 5.00. The molecule has 0 unspecified atom stereocenters. The van der Waals surface area contributed by atoms with E-state index < -0.39 is 0 Å². The van der Waals surface area contributed by atoms with Crippen molar-refractivity contribution >= 4 is 27.6 Å². The molecule has 2 aliphatic rings. The van der Waals surface area contributed by atoms with Crippen LogP contribution < -0.4 is 9.47 Å². The fraction of sp³-hybridized carbons (Fsp3) is 0.292. The number of esters is 1. The number of allylic oxidation sites excluding steroid dienone is 1. The lowest BCUT2D eigenvalue weighted by Gasteiger charge is -2.37. The number of nitrogens with zero attached hydrogens (tertiary/aromatic N) is 1. The van der Waals surface area contributed by atoms with Crippen LogP contribution in [-0.4, -0.2) is 38.2 Å². The van der Waals surface area contributed by atoms with Gasteiger partial charge in [-0.1, -0.05) is 34.1 Å². The topological polar surface area (TPSA) is 48.0 Å². The van der Waals surface area contributed by atoms with Crippen LogP contribution in [0.2, 0.25) is 0 Å². The van der Waals surface area contributed by atoms with E-state index in [2.05, 4.69) is 33.1 Å². The first-order valence-corrected chi connectivity index (χ1v) is 10.7. The minimum atomic E-state index is -0.294. The number of fused-ring (bicyclic) bond motifs is 3. The molecule has 6 heteroatoms. The molecule has 2 aromatic carbocycles. The van der Waals surface area contributed by atoms with Gasteiger partial charge in [0.2, 0.25) is 0 Å². The Bertz CT molecular complexity index is 1030. The highest BCUT2D eigenvalue weighted by Gasteiger charge is 2.35. The summed E-state index contributed by atoms with van der Waals surface area (Å²) in [4.78, 5) is 15.3. The number of ether oxygens (including phenoxy) is 3. The molecule has 0 bridgehead atoms. The van der Waals surface area contributed by atoms with Crippen molar-refractivity contribution in [3.05, 3.63) is 75.4 Å². The van der Waals surface area contributed by atoms with Gasteiger partial charge in [0.05, 0.1) is 32.1 Å². The second-order valence-electron chi connectivity index (χ2n) is 7.16. The molecule has 0 amide bonds. The number of methoxy groups -OCH3 is 2. The van der Waals surface area contributed by atoms with Gasteiger partial charge in [0.15, 0.2) is 11.5 Å². The molecule has 0 spiro atoms. The number of hydrogen-bond acceptors (Lipinski definition) is 5. The molecule has 0 aliphatic carbocycles. The molecular formula is C24H24BrNO4. The van der Waals surface area contributed by atoms with Crippen LogP contribution in [0.1, 0.15) is 29.5 Å². The zero-order chi connectivity index (χ0) is 21.3. The molecule has 4 rings (SSSR count). The van der Waals surface area contributed by atoms with Crippen LogP contribution >= 0.6 is 15.9 Å². The molecule has 0 saturated carbocycles. The van der Waals surface area contributed by atoms with Crippen LogP contribution in [-0.2, 0) is 16.0 Å². The Morgan fingerprint density at radius 2 is 1.83 bits per heavy atom. The summed E-state index contributed by atoms with van der Waals surface area (Å²) >= 11 is 3.49. The maximum atomic E-state index is 13.2. The van der Waals surface area contributed by atoms with Crippen LogP contribution in [0.4, 0.5) is 0 Å². The highest BCUT2D eigenvalue weighted by atomic mass is 79.9. The Kier molecular flexibility index (Phi) is 5.86. The predicted octanol–water partition coefficient (Wildman–Crippen LogP) is 4.91.